The maximum atomic E-state index is 12.4. The lowest BCUT2D eigenvalue weighted by atomic mass is 10.1. The van der Waals surface area contributed by atoms with Crippen molar-refractivity contribution in [2.24, 2.45) is 5.92 Å². The quantitative estimate of drug-likeness (QED) is 0.644. The number of hydrogen-bond donors (Lipinski definition) is 1. The zero-order valence-electron chi connectivity index (χ0n) is 16.1. The minimum absolute atomic E-state index is 0.0818. The largest absolute Gasteiger partial charge is 0.529 e. The van der Waals surface area contributed by atoms with Crippen LogP contribution in [-0.2, 0) is 9.59 Å². The average Bonchev–Trinajstić information content (AvgIpc) is 2.59. The fourth-order valence-corrected chi connectivity index (χ4v) is 1.81. The second-order valence-electron chi connectivity index (χ2n) is 6.53. The van der Waals surface area contributed by atoms with Crippen molar-refractivity contribution in [1.29, 1.82) is 0 Å². The summed E-state index contributed by atoms with van der Waals surface area (Å²) in [6, 6.07) is 6.49. The SMILES string of the molecule is CCCC(=O)Nc1cccc(OC(=O)[N+](C)(C)C(=O)C#CC(C)CC)c1. The molecule has 1 unspecified atom stereocenters. The van der Waals surface area contributed by atoms with E-state index >= 15 is 0 Å². The molecule has 0 aromatic heterocycles. The normalized spacial score (nSPS) is 11.7. The predicted octanol–water partition coefficient (Wildman–Crippen LogP) is 3.58. The number of nitrogens with one attached hydrogen (secondary N) is 1. The van der Waals surface area contributed by atoms with Crippen LogP contribution in [0.2, 0.25) is 0 Å². The van der Waals surface area contributed by atoms with Crippen molar-refractivity contribution in [2.75, 3.05) is 19.4 Å². The van der Waals surface area contributed by atoms with Gasteiger partial charge in [-0.2, -0.15) is 9.28 Å². The Morgan fingerprint density at radius 2 is 1.92 bits per heavy atom. The van der Waals surface area contributed by atoms with Crippen LogP contribution >= 0.6 is 0 Å². The number of ether oxygens (including phenoxy) is 1. The van der Waals surface area contributed by atoms with Crippen LogP contribution in [0.5, 0.6) is 5.75 Å². The van der Waals surface area contributed by atoms with Gasteiger partial charge in [0.1, 0.15) is 5.75 Å². The van der Waals surface area contributed by atoms with Crippen molar-refractivity contribution in [3.63, 3.8) is 0 Å². The van der Waals surface area contributed by atoms with E-state index in [1.165, 1.54) is 14.1 Å². The number of hydrogen-bond acceptors (Lipinski definition) is 4. The van der Waals surface area contributed by atoms with Gasteiger partial charge < -0.3 is 10.1 Å². The van der Waals surface area contributed by atoms with Gasteiger partial charge in [0.05, 0.1) is 14.1 Å². The van der Waals surface area contributed by atoms with E-state index in [0.717, 1.165) is 12.8 Å². The van der Waals surface area contributed by atoms with Crippen LogP contribution < -0.4 is 10.1 Å². The molecule has 0 heterocycles. The molecule has 0 aliphatic rings. The van der Waals surface area contributed by atoms with Crippen molar-refractivity contribution in [3.05, 3.63) is 24.3 Å². The zero-order chi connectivity index (χ0) is 19.7. The Hall–Kier alpha value is -2.65. The Morgan fingerprint density at radius 3 is 2.54 bits per heavy atom. The third-order valence-electron chi connectivity index (χ3n) is 3.80. The molecule has 1 N–H and O–H groups in total. The molecule has 0 fully saturated rings. The molecule has 3 amide bonds. The number of carbonyl (C=O) groups excluding carboxylic acids is 3. The number of benzene rings is 1. The maximum absolute atomic E-state index is 12.4. The van der Waals surface area contributed by atoms with Crippen molar-refractivity contribution in [1.82, 2.24) is 0 Å². The fraction of sp³-hybridized carbons (Fsp3) is 0.450. The van der Waals surface area contributed by atoms with Gasteiger partial charge in [-0.3, -0.25) is 4.79 Å². The highest BCUT2D eigenvalue weighted by Gasteiger charge is 2.37. The summed E-state index contributed by atoms with van der Waals surface area (Å²) in [4.78, 5) is 36.3. The van der Waals surface area contributed by atoms with E-state index in [1.54, 1.807) is 24.3 Å². The van der Waals surface area contributed by atoms with Crippen LogP contribution in [0.15, 0.2) is 24.3 Å². The summed E-state index contributed by atoms with van der Waals surface area (Å²) >= 11 is 0. The molecule has 6 nitrogen and oxygen atoms in total. The van der Waals surface area contributed by atoms with Gasteiger partial charge in [0.25, 0.3) is 0 Å². The summed E-state index contributed by atoms with van der Waals surface area (Å²) in [5, 5.41) is 2.73. The first-order valence-electron chi connectivity index (χ1n) is 8.73. The standard InChI is InChI=1S/C20H26N2O4/c1-6-9-18(23)21-16-10-8-11-17(14-16)26-20(25)22(4,5)19(24)13-12-15(3)7-2/h8,10-11,14-15H,6-7,9H2,1-5H3/p+1. The first-order valence-corrected chi connectivity index (χ1v) is 8.73. The molecule has 1 aromatic carbocycles. The first-order chi connectivity index (χ1) is 12.2. The molecule has 1 aromatic rings. The molecule has 0 spiro atoms. The lowest BCUT2D eigenvalue weighted by Gasteiger charge is -2.20. The Bertz CT molecular complexity index is 729. The van der Waals surface area contributed by atoms with Crippen molar-refractivity contribution < 1.29 is 23.6 Å². The number of quaternary nitrogens is 1. The van der Waals surface area contributed by atoms with Crippen LogP contribution in [0.1, 0.15) is 40.0 Å². The monoisotopic (exact) mass is 359 g/mol. The lowest BCUT2D eigenvalue weighted by molar-refractivity contribution is -0.732. The number of nitrogens with zero attached hydrogens (tertiary/aromatic N) is 1. The molecule has 0 bridgehead atoms. The molecule has 0 aliphatic heterocycles. The topological polar surface area (TPSA) is 72.5 Å². The molecule has 0 radical (unpaired) electrons. The summed E-state index contributed by atoms with van der Waals surface area (Å²) in [5.41, 5.74) is 0.530. The van der Waals surface area contributed by atoms with Gasteiger partial charge in [0.2, 0.25) is 5.91 Å². The van der Waals surface area contributed by atoms with E-state index in [4.69, 9.17) is 4.74 Å². The van der Waals surface area contributed by atoms with Gasteiger partial charge in [-0.05, 0) is 25.0 Å². The minimum atomic E-state index is -0.745. The first kappa shape index (κ1) is 21.4. The van der Waals surface area contributed by atoms with Gasteiger partial charge in [0, 0.05) is 30.0 Å². The maximum Gasteiger partial charge on any atom is 0.529 e. The number of carbonyl (C=O) groups is 3. The molecule has 26 heavy (non-hydrogen) atoms. The van der Waals surface area contributed by atoms with E-state index < -0.39 is 16.5 Å². The molecule has 0 saturated heterocycles. The summed E-state index contributed by atoms with van der Waals surface area (Å²) in [6.45, 7) is 5.81. The highest BCUT2D eigenvalue weighted by atomic mass is 16.6. The fourth-order valence-electron chi connectivity index (χ4n) is 1.81. The van der Waals surface area contributed by atoms with Crippen molar-refractivity contribution >= 4 is 23.6 Å². The predicted molar refractivity (Wildman–Crippen MR) is 100 cm³/mol. The van der Waals surface area contributed by atoms with E-state index in [9.17, 15) is 14.4 Å². The van der Waals surface area contributed by atoms with Crippen LogP contribution in [0.4, 0.5) is 10.5 Å². The smallest absolute Gasteiger partial charge is 0.380 e. The molecule has 6 heteroatoms. The third kappa shape index (κ3) is 6.34. The van der Waals surface area contributed by atoms with E-state index in [-0.39, 0.29) is 17.6 Å². The second-order valence-corrected chi connectivity index (χ2v) is 6.53. The van der Waals surface area contributed by atoms with E-state index in [1.807, 2.05) is 20.8 Å². The summed E-state index contributed by atoms with van der Waals surface area (Å²) in [6.07, 6.45) is 1.24. The molecular weight excluding hydrogens is 332 g/mol. The van der Waals surface area contributed by atoms with Crippen molar-refractivity contribution in [2.45, 2.75) is 40.0 Å². The number of imide groups is 1. The number of rotatable bonds is 5. The second kappa shape index (κ2) is 9.73. The third-order valence-corrected chi connectivity index (χ3v) is 3.80. The van der Waals surface area contributed by atoms with Gasteiger partial charge in [-0.25, -0.2) is 4.79 Å². The summed E-state index contributed by atoms with van der Waals surface area (Å²) in [5.74, 6) is 5.03. The number of anilines is 1. The van der Waals surface area contributed by atoms with Gasteiger partial charge in [-0.15, -0.1) is 0 Å². The zero-order valence-corrected chi connectivity index (χ0v) is 16.1. The van der Waals surface area contributed by atoms with Gasteiger partial charge in [-0.1, -0.05) is 32.8 Å². The molecule has 0 saturated carbocycles. The van der Waals surface area contributed by atoms with Crippen LogP contribution in [0.3, 0.4) is 0 Å². The Balaban J connectivity index is 2.83. The summed E-state index contributed by atoms with van der Waals surface area (Å²) < 4.78 is 4.67. The highest BCUT2D eigenvalue weighted by molar-refractivity contribution is 5.94. The Kier molecular flexibility index (Phi) is 8.01. The minimum Gasteiger partial charge on any atom is -0.380 e. The van der Waals surface area contributed by atoms with Gasteiger partial charge in [0.15, 0.2) is 0 Å². The molecule has 1 atom stereocenters. The van der Waals surface area contributed by atoms with Crippen LogP contribution in [-0.4, -0.2) is 36.5 Å². The van der Waals surface area contributed by atoms with Crippen LogP contribution in [0.25, 0.3) is 0 Å². The average molecular weight is 359 g/mol. The number of amides is 3. The summed E-state index contributed by atoms with van der Waals surface area (Å²) in [7, 11) is 2.87. The highest BCUT2D eigenvalue weighted by Crippen LogP contribution is 2.19. The van der Waals surface area contributed by atoms with Gasteiger partial charge >= 0.3 is 12.0 Å². The molecule has 140 valence electrons. The van der Waals surface area contributed by atoms with Crippen molar-refractivity contribution in [3.8, 4) is 17.6 Å². The van der Waals surface area contributed by atoms with E-state index in [2.05, 4.69) is 17.2 Å². The molecular formula is C20H27N2O4+. The molecule has 0 aliphatic carbocycles. The molecule has 1 rings (SSSR count). The Labute approximate surface area is 155 Å². The Morgan fingerprint density at radius 1 is 1.23 bits per heavy atom. The van der Waals surface area contributed by atoms with E-state index in [0.29, 0.717) is 12.1 Å². The lowest BCUT2D eigenvalue weighted by Crippen LogP contribution is -2.51. The van der Waals surface area contributed by atoms with Crippen LogP contribution in [0, 0.1) is 17.8 Å².